The number of nitrogens with zero attached hydrogens (tertiary/aromatic N) is 2. The average molecular weight is 540 g/mol. The third-order valence-corrected chi connectivity index (χ3v) is 6.84. The van der Waals surface area contributed by atoms with Crippen LogP contribution in [0, 0.1) is 0 Å². The maximum Gasteiger partial charge on any atom is 0.244 e. The van der Waals surface area contributed by atoms with E-state index < -0.39 is 28.5 Å². The van der Waals surface area contributed by atoms with E-state index in [1.807, 2.05) is 19.9 Å². The highest BCUT2D eigenvalue weighted by atomic mass is 35.5. The molecule has 0 heterocycles. The van der Waals surface area contributed by atoms with Crippen LogP contribution in [-0.4, -0.2) is 64.2 Å². The van der Waals surface area contributed by atoms with Crippen LogP contribution in [0.15, 0.2) is 42.5 Å². The van der Waals surface area contributed by atoms with Crippen LogP contribution in [0.25, 0.3) is 0 Å². The summed E-state index contributed by atoms with van der Waals surface area (Å²) < 4.78 is 36.8. The lowest BCUT2D eigenvalue weighted by molar-refractivity contribution is -0.140. The van der Waals surface area contributed by atoms with Gasteiger partial charge in [-0.2, -0.15) is 0 Å². The zero-order chi connectivity index (χ0) is 27.0. The highest BCUT2D eigenvalue weighted by Crippen LogP contribution is 2.30. The lowest BCUT2D eigenvalue weighted by Crippen LogP contribution is -2.53. The largest absolute Gasteiger partial charge is 0.497 e. The molecule has 0 saturated heterocycles. The molecule has 0 fully saturated rings. The highest BCUT2D eigenvalue weighted by molar-refractivity contribution is 7.92. The van der Waals surface area contributed by atoms with Crippen LogP contribution >= 0.6 is 11.6 Å². The van der Waals surface area contributed by atoms with Gasteiger partial charge in [0.05, 0.1) is 31.2 Å². The molecule has 0 aromatic heterocycles. The first-order chi connectivity index (χ1) is 16.9. The second-order valence-electron chi connectivity index (χ2n) is 8.55. The first kappa shape index (κ1) is 29.3. The maximum absolute atomic E-state index is 13.7. The molecule has 0 aliphatic carbocycles. The van der Waals surface area contributed by atoms with Crippen molar-refractivity contribution in [3.8, 4) is 11.5 Å². The van der Waals surface area contributed by atoms with Crippen molar-refractivity contribution in [2.75, 3.05) is 31.3 Å². The number of rotatable bonds is 12. The minimum atomic E-state index is -3.87. The number of hydrogen-bond donors (Lipinski definition) is 1. The van der Waals surface area contributed by atoms with Crippen molar-refractivity contribution in [3.05, 3.63) is 53.1 Å². The van der Waals surface area contributed by atoms with Gasteiger partial charge in [-0.1, -0.05) is 30.7 Å². The van der Waals surface area contributed by atoms with Gasteiger partial charge in [-0.3, -0.25) is 13.9 Å². The van der Waals surface area contributed by atoms with Crippen LogP contribution in [0.5, 0.6) is 11.5 Å². The highest BCUT2D eigenvalue weighted by Gasteiger charge is 2.32. The number of sulfonamides is 1. The van der Waals surface area contributed by atoms with E-state index in [0.29, 0.717) is 17.9 Å². The van der Waals surface area contributed by atoms with E-state index in [0.717, 1.165) is 16.1 Å². The first-order valence-electron chi connectivity index (χ1n) is 11.4. The summed E-state index contributed by atoms with van der Waals surface area (Å²) in [5.74, 6) is 0.115. The minimum Gasteiger partial charge on any atom is -0.497 e. The van der Waals surface area contributed by atoms with Gasteiger partial charge in [0.25, 0.3) is 0 Å². The minimum absolute atomic E-state index is 0.0844. The van der Waals surface area contributed by atoms with Crippen molar-refractivity contribution in [3.63, 3.8) is 0 Å². The molecule has 198 valence electrons. The number of hydrogen-bond acceptors (Lipinski definition) is 6. The molecule has 9 nitrogen and oxygen atoms in total. The molecule has 0 aliphatic rings. The Labute approximate surface area is 218 Å². The molecule has 0 saturated carbocycles. The molecule has 2 aromatic carbocycles. The fourth-order valence-electron chi connectivity index (χ4n) is 3.69. The molecular weight excluding hydrogens is 506 g/mol. The number of carbonyl (C=O) groups excluding carboxylic acids is 2. The SMILES string of the molecule is CC[C@H](C(=O)NC(C)C)N(Cc1cccc(OC)c1)C(=O)CN(c1ccc(OC)c(Cl)c1)S(C)(=O)=O. The molecule has 2 amide bonds. The zero-order valence-electron chi connectivity index (χ0n) is 21.4. The molecule has 0 aliphatic heterocycles. The van der Waals surface area contributed by atoms with E-state index >= 15 is 0 Å². The maximum atomic E-state index is 13.7. The summed E-state index contributed by atoms with van der Waals surface area (Å²) in [6, 6.07) is 10.7. The van der Waals surface area contributed by atoms with Gasteiger partial charge in [0.2, 0.25) is 21.8 Å². The number of amides is 2. The van der Waals surface area contributed by atoms with E-state index in [4.69, 9.17) is 21.1 Å². The summed E-state index contributed by atoms with van der Waals surface area (Å²) in [4.78, 5) is 28.1. The Morgan fingerprint density at radius 3 is 2.31 bits per heavy atom. The normalized spacial score (nSPS) is 12.1. The molecule has 0 unspecified atom stereocenters. The van der Waals surface area contributed by atoms with Crippen molar-refractivity contribution in [2.24, 2.45) is 0 Å². The van der Waals surface area contributed by atoms with E-state index in [2.05, 4.69) is 5.32 Å². The fraction of sp³-hybridized carbons (Fsp3) is 0.440. The van der Waals surface area contributed by atoms with Gasteiger partial charge in [0, 0.05) is 12.6 Å². The van der Waals surface area contributed by atoms with Crippen LogP contribution in [0.4, 0.5) is 5.69 Å². The van der Waals surface area contributed by atoms with Gasteiger partial charge in [0.15, 0.2) is 0 Å². The number of methoxy groups -OCH3 is 2. The Morgan fingerprint density at radius 2 is 1.78 bits per heavy atom. The number of benzene rings is 2. The van der Waals surface area contributed by atoms with Gasteiger partial charge in [-0.25, -0.2) is 8.42 Å². The molecule has 11 heteroatoms. The number of anilines is 1. The van der Waals surface area contributed by atoms with Crippen molar-refractivity contribution < 1.29 is 27.5 Å². The molecule has 1 N–H and O–H groups in total. The Hall–Kier alpha value is -2.98. The van der Waals surface area contributed by atoms with Crippen molar-refractivity contribution in [1.82, 2.24) is 10.2 Å². The predicted octanol–water partition coefficient (Wildman–Crippen LogP) is 3.46. The van der Waals surface area contributed by atoms with Gasteiger partial charge >= 0.3 is 0 Å². The Balaban J connectivity index is 2.48. The number of carbonyl (C=O) groups is 2. The molecule has 0 spiro atoms. The average Bonchev–Trinajstić information content (AvgIpc) is 2.81. The number of ether oxygens (including phenoxy) is 2. The molecule has 2 aromatic rings. The third-order valence-electron chi connectivity index (χ3n) is 5.41. The summed E-state index contributed by atoms with van der Waals surface area (Å²) in [5, 5.41) is 3.05. The Bertz CT molecular complexity index is 1170. The van der Waals surface area contributed by atoms with Crippen LogP contribution in [0.2, 0.25) is 5.02 Å². The zero-order valence-corrected chi connectivity index (χ0v) is 23.0. The van der Waals surface area contributed by atoms with Gasteiger partial charge in [0.1, 0.15) is 24.1 Å². The predicted molar refractivity (Wildman–Crippen MR) is 141 cm³/mol. The van der Waals surface area contributed by atoms with E-state index in [9.17, 15) is 18.0 Å². The summed E-state index contributed by atoms with van der Waals surface area (Å²) in [6.45, 7) is 5.03. The number of halogens is 1. The molecule has 0 radical (unpaired) electrons. The van der Waals surface area contributed by atoms with E-state index in [1.165, 1.54) is 37.3 Å². The smallest absolute Gasteiger partial charge is 0.244 e. The van der Waals surface area contributed by atoms with Gasteiger partial charge in [-0.05, 0) is 56.2 Å². The second kappa shape index (κ2) is 12.8. The first-order valence-corrected chi connectivity index (χ1v) is 13.7. The van der Waals surface area contributed by atoms with Gasteiger partial charge < -0.3 is 19.7 Å². The van der Waals surface area contributed by atoms with Crippen molar-refractivity contribution in [1.29, 1.82) is 0 Å². The lowest BCUT2D eigenvalue weighted by atomic mass is 10.1. The molecule has 1 atom stereocenters. The Morgan fingerprint density at radius 1 is 1.08 bits per heavy atom. The molecule has 36 heavy (non-hydrogen) atoms. The fourth-order valence-corrected chi connectivity index (χ4v) is 4.79. The molecule has 2 rings (SSSR count). The summed E-state index contributed by atoms with van der Waals surface area (Å²) in [6.07, 6.45) is 1.34. The summed E-state index contributed by atoms with van der Waals surface area (Å²) in [7, 11) is -0.887. The Kier molecular flexibility index (Phi) is 10.4. The second-order valence-corrected chi connectivity index (χ2v) is 10.9. The standard InChI is InChI=1S/C25H34ClN3O6S/c1-7-22(25(31)27-17(2)3)28(15-18-9-8-10-20(13-18)34-4)24(30)16-29(36(6,32)33)19-11-12-23(35-5)21(26)14-19/h8-14,17,22H,7,15-16H2,1-6H3,(H,27,31)/t22-/m1/s1. The van der Waals surface area contributed by atoms with Crippen molar-refractivity contribution in [2.45, 2.75) is 45.8 Å². The number of nitrogens with one attached hydrogen (secondary N) is 1. The van der Waals surface area contributed by atoms with E-state index in [1.54, 1.807) is 25.1 Å². The van der Waals surface area contributed by atoms with Gasteiger partial charge in [-0.15, -0.1) is 0 Å². The summed E-state index contributed by atoms with van der Waals surface area (Å²) >= 11 is 6.21. The summed E-state index contributed by atoms with van der Waals surface area (Å²) in [5.41, 5.74) is 0.939. The van der Waals surface area contributed by atoms with Crippen LogP contribution in [0.1, 0.15) is 32.8 Å². The molecule has 0 bridgehead atoms. The third kappa shape index (κ3) is 7.76. The van der Waals surface area contributed by atoms with Crippen molar-refractivity contribution >= 4 is 39.1 Å². The quantitative estimate of drug-likeness (QED) is 0.443. The topological polar surface area (TPSA) is 105 Å². The van der Waals surface area contributed by atoms with E-state index in [-0.39, 0.29) is 29.2 Å². The van der Waals surface area contributed by atoms with Crippen LogP contribution in [0.3, 0.4) is 0 Å². The van der Waals surface area contributed by atoms with Crippen LogP contribution < -0.4 is 19.1 Å². The molecular formula is C25H34ClN3O6S. The van der Waals surface area contributed by atoms with Crippen LogP contribution in [-0.2, 0) is 26.2 Å². The lowest BCUT2D eigenvalue weighted by Gasteiger charge is -2.33. The monoisotopic (exact) mass is 539 g/mol.